The molecular weight excluding hydrogens is 206 g/mol. The molecule has 0 saturated carbocycles. The normalized spacial score (nSPS) is 11.4. The fourth-order valence-corrected chi connectivity index (χ4v) is 1.33. The molecular formula is C11H19N3O2. The second-order valence-electron chi connectivity index (χ2n) is 3.52. The topological polar surface area (TPSA) is 73.2 Å². The second-order valence-corrected chi connectivity index (χ2v) is 3.52. The Balaban J connectivity index is 4.58. The van der Waals surface area contributed by atoms with Gasteiger partial charge in [-0.25, -0.2) is 0 Å². The van der Waals surface area contributed by atoms with Gasteiger partial charge in [-0.2, -0.15) is 5.26 Å². The van der Waals surface area contributed by atoms with Gasteiger partial charge in [-0.3, -0.25) is 9.59 Å². The molecule has 0 rings (SSSR count). The predicted molar refractivity (Wildman–Crippen MR) is 60.3 cm³/mol. The minimum Gasteiger partial charge on any atom is -0.358 e. The molecule has 0 aromatic rings. The van der Waals surface area contributed by atoms with Crippen molar-refractivity contribution in [3.63, 3.8) is 0 Å². The number of hydrogen-bond acceptors (Lipinski definition) is 3. The van der Waals surface area contributed by atoms with E-state index in [1.165, 1.54) is 11.9 Å². The third-order valence-electron chi connectivity index (χ3n) is 2.28. The van der Waals surface area contributed by atoms with Gasteiger partial charge in [0.25, 0.3) is 0 Å². The third kappa shape index (κ3) is 4.30. The van der Waals surface area contributed by atoms with Crippen LogP contribution in [0, 0.1) is 17.2 Å². The maximum Gasteiger partial charge on any atom is 0.240 e. The Morgan fingerprint density at radius 3 is 2.44 bits per heavy atom. The van der Waals surface area contributed by atoms with Crippen LogP contribution in [0.25, 0.3) is 0 Å². The van der Waals surface area contributed by atoms with E-state index >= 15 is 0 Å². The fraction of sp³-hybridized carbons (Fsp3) is 0.727. The fourth-order valence-electron chi connectivity index (χ4n) is 1.33. The van der Waals surface area contributed by atoms with Crippen molar-refractivity contribution in [1.29, 1.82) is 5.26 Å². The summed E-state index contributed by atoms with van der Waals surface area (Å²) in [5.74, 6) is -1.11. The number of hydrogen-bond donors (Lipinski definition) is 1. The number of carbonyl (C=O) groups is 2. The molecule has 0 spiro atoms. The molecule has 1 unspecified atom stereocenters. The summed E-state index contributed by atoms with van der Waals surface area (Å²) in [6.45, 7) is 4.25. The first-order chi connectivity index (χ1) is 7.60. The molecule has 5 nitrogen and oxygen atoms in total. The summed E-state index contributed by atoms with van der Waals surface area (Å²) >= 11 is 0. The molecule has 0 aliphatic carbocycles. The van der Waals surface area contributed by atoms with Gasteiger partial charge in [0.05, 0.1) is 12.6 Å². The molecule has 0 aliphatic heterocycles. The lowest BCUT2D eigenvalue weighted by molar-refractivity contribution is -0.138. The summed E-state index contributed by atoms with van der Waals surface area (Å²) in [6.07, 6.45) is 1.24. The number of rotatable bonds is 6. The largest absolute Gasteiger partial charge is 0.358 e. The Morgan fingerprint density at radius 2 is 2.06 bits per heavy atom. The maximum atomic E-state index is 11.9. The number of nitrogens with one attached hydrogen (secondary N) is 1. The van der Waals surface area contributed by atoms with E-state index in [1.807, 2.05) is 13.0 Å². The molecule has 0 aliphatic rings. The van der Waals surface area contributed by atoms with Crippen LogP contribution < -0.4 is 5.32 Å². The molecule has 1 atom stereocenters. The average Bonchev–Trinajstić information content (AvgIpc) is 2.29. The highest BCUT2D eigenvalue weighted by molar-refractivity contribution is 5.86. The lowest BCUT2D eigenvalue weighted by Crippen LogP contribution is -2.42. The predicted octanol–water partition coefficient (Wildman–Crippen LogP) is 0.521. The first-order valence-corrected chi connectivity index (χ1v) is 5.49. The zero-order chi connectivity index (χ0) is 12.6. The van der Waals surface area contributed by atoms with E-state index in [2.05, 4.69) is 5.32 Å². The van der Waals surface area contributed by atoms with Gasteiger partial charge in [0.15, 0.2) is 0 Å². The number of carbonyl (C=O) groups excluding carboxylic acids is 2. The molecule has 0 aromatic carbocycles. The van der Waals surface area contributed by atoms with E-state index in [0.717, 1.165) is 6.42 Å². The summed E-state index contributed by atoms with van der Waals surface area (Å²) < 4.78 is 0. The van der Waals surface area contributed by atoms with Gasteiger partial charge in [0.1, 0.15) is 5.92 Å². The van der Waals surface area contributed by atoms with Crippen molar-refractivity contribution in [2.24, 2.45) is 5.92 Å². The number of nitrogens with zero attached hydrogens (tertiary/aromatic N) is 2. The van der Waals surface area contributed by atoms with Crippen molar-refractivity contribution in [3.05, 3.63) is 0 Å². The Kier molecular flexibility index (Phi) is 6.93. The van der Waals surface area contributed by atoms with Gasteiger partial charge >= 0.3 is 0 Å². The molecule has 0 aromatic heterocycles. The van der Waals surface area contributed by atoms with Crippen LogP contribution in [0.3, 0.4) is 0 Å². The SMILES string of the molecule is CCCN(CC(=O)NC)C(=O)C(C#N)CC. The van der Waals surface area contributed by atoms with Gasteiger partial charge in [-0.1, -0.05) is 13.8 Å². The van der Waals surface area contributed by atoms with Crippen LogP contribution in [0.15, 0.2) is 0 Å². The Bertz CT molecular complexity index is 283. The first kappa shape index (κ1) is 14.4. The van der Waals surface area contributed by atoms with Gasteiger partial charge < -0.3 is 10.2 Å². The molecule has 0 bridgehead atoms. The molecule has 1 N–H and O–H groups in total. The van der Waals surface area contributed by atoms with E-state index in [-0.39, 0.29) is 18.4 Å². The van der Waals surface area contributed by atoms with Gasteiger partial charge in [-0.15, -0.1) is 0 Å². The average molecular weight is 225 g/mol. The second kappa shape index (κ2) is 7.69. The summed E-state index contributed by atoms with van der Waals surface area (Å²) in [4.78, 5) is 24.5. The van der Waals surface area contributed by atoms with E-state index in [4.69, 9.17) is 5.26 Å². The van der Waals surface area contributed by atoms with Crippen molar-refractivity contribution < 1.29 is 9.59 Å². The summed E-state index contributed by atoms with van der Waals surface area (Å²) in [6, 6.07) is 1.96. The zero-order valence-electron chi connectivity index (χ0n) is 10.1. The van der Waals surface area contributed by atoms with Crippen molar-refractivity contribution >= 4 is 11.8 Å². The summed E-state index contributed by atoms with van der Waals surface area (Å²) in [5, 5.41) is 11.3. The lowest BCUT2D eigenvalue weighted by Gasteiger charge is -2.22. The maximum absolute atomic E-state index is 11.9. The highest BCUT2D eigenvalue weighted by atomic mass is 16.2. The van der Waals surface area contributed by atoms with Crippen molar-refractivity contribution in [2.45, 2.75) is 26.7 Å². The Hall–Kier alpha value is -1.57. The summed E-state index contributed by atoms with van der Waals surface area (Å²) in [7, 11) is 1.53. The van der Waals surface area contributed by atoms with Crippen LogP contribution in [-0.2, 0) is 9.59 Å². The van der Waals surface area contributed by atoms with Gasteiger partial charge in [0.2, 0.25) is 11.8 Å². The Morgan fingerprint density at radius 1 is 1.44 bits per heavy atom. The van der Waals surface area contributed by atoms with Crippen LogP contribution in [0.5, 0.6) is 0 Å². The van der Waals surface area contributed by atoms with E-state index in [0.29, 0.717) is 13.0 Å². The first-order valence-electron chi connectivity index (χ1n) is 5.49. The monoisotopic (exact) mass is 225 g/mol. The van der Waals surface area contributed by atoms with E-state index < -0.39 is 5.92 Å². The minimum absolute atomic E-state index is 0.0291. The van der Waals surface area contributed by atoms with Crippen LogP contribution in [0.4, 0.5) is 0 Å². The molecule has 0 radical (unpaired) electrons. The standard InChI is InChI=1S/C11H19N3O2/c1-4-6-14(8-10(15)13-3)11(16)9(5-2)7-12/h9H,4-6,8H2,1-3H3,(H,13,15). The molecule has 0 fully saturated rings. The molecule has 5 heteroatoms. The molecule has 0 heterocycles. The number of nitriles is 1. The van der Waals surface area contributed by atoms with Crippen LogP contribution in [0.1, 0.15) is 26.7 Å². The van der Waals surface area contributed by atoms with Crippen molar-refractivity contribution in [2.75, 3.05) is 20.1 Å². The highest BCUT2D eigenvalue weighted by Crippen LogP contribution is 2.07. The van der Waals surface area contributed by atoms with E-state index in [9.17, 15) is 9.59 Å². The Labute approximate surface area is 96.4 Å². The van der Waals surface area contributed by atoms with Crippen molar-refractivity contribution in [1.82, 2.24) is 10.2 Å². The van der Waals surface area contributed by atoms with Crippen LogP contribution >= 0.6 is 0 Å². The van der Waals surface area contributed by atoms with Gasteiger partial charge in [-0.05, 0) is 12.8 Å². The smallest absolute Gasteiger partial charge is 0.240 e. The summed E-state index contributed by atoms with van der Waals surface area (Å²) in [5.41, 5.74) is 0. The van der Waals surface area contributed by atoms with E-state index in [1.54, 1.807) is 6.92 Å². The highest BCUT2D eigenvalue weighted by Gasteiger charge is 2.23. The van der Waals surface area contributed by atoms with Crippen LogP contribution in [-0.4, -0.2) is 36.9 Å². The quantitative estimate of drug-likeness (QED) is 0.716. The number of likely N-dealkylation sites (N-methyl/N-ethyl adjacent to an activating group) is 1. The third-order valence-corrected chi connectivity index (χ3v) is 2.28. The van der Waals surface area contributed by atoms with Crippen molar-refractivity contribution in [3.8, 4) is 6.07 Å². The molecule has 90 valence electrons. The molecule has 16 heavy (non-hydrogen) atoms. The van der Waals surface area contributed by atoms with Crippen LogP contribution in [0.2, 0.25) is 0 Å². The minimum atomic E-state index is -0.642. The van der Waals surface area contributed by atoms with Gasteiger partial charge in [0, 0.05) is 13.6 Å². The molecule has 2 amide bonds. The lowest BCUT2D eigenvalue weighted by atomic mass is 10.1. The molecule has 0 saturated heterocycles. The zero-order valence-corrected chi connectivity index (χ0v) is 10.1. The number of amides is 2.